The SMILES string of the molecule is CCc1ccc(C(=O)NNC(=O)/C=C/c2cc(Br)ccc2F)cc1. The van der Waals surface area contributed by atoms with Gasteiger partial charge in [0.1, 0.15) is 5.82 Å². The summed E-state index contributed by atoms with van der Waals surface area (Å²) in [7, 11) is 0. The van der Waals surface area contributed by atoms with Gasteiger partial charge in [0.2, 0.25) is 0 Å². The van der Waals surface area contributed by atoms with Crippen LogP contribution in [-0.4, -0.2) is 11.8 Å². The fraction of sp³-hybridized carbons (Fsp3) is 0.111. The molecule has 0 atom stereocenters. The van der Waals surface area contributed by atoms with Crippen LogP contribution in [0.1, 0.15) is 28.4 Å². The van der Waals surface area contributed by atoms with Crippen molar-refractivity contribution in [2.45, 2.75) is 13.3 Å². The van der Waals surface area contributed by atoms with Crippen LogP contribution in [0.25, 0.3) is 6.08 Å². The fourth-order valence-corrected chi connectivity index (χ4v) is 2.31. The smallest absolute Gasteiger partial charge is 0.268 e. The highest BCUT2D eigenvalue weighted by molar-refractivity contribution is 9.10. The summed E-state index contributed by atoms with van der Waals surface area (Å²) in [6.45, 7) is 2.02. The molecule has 0 aromatic heterocycles. The molecular weight excluding hydrogens is 375 g/mol. The summed E-state index contributed by atoms with van der Waals surface area (Å²) >= 11 is 3.23. The Bertz CT molecular complexity index is 773. The lowest BCUT2D eigenvalue weighted by atomic mass is 10.1. The van der Waals surface area contributed by atoms with Gasteiger partial charge in [-0.2, -0.15) is 0 Å². The zero-order valence-corrected chi connectivity index (χ0v) is 14.6. The van der Waals surface area contributed by atoms with Gasteiger partial charge in [-0.3, -0.25) is 20.4 Å². The van der Waals surface area contributed by atoms with Crippen molar-refractivity contribution in [3.63, 3.8) is 0 Å². The Hall–Kier alpha value is -2.47. The van der Waals surface area contributed by atoms with E-state index >= 15 is 0 Å². The van der Waals surface area contributed by atoms with Crippen LogP contribution in [0, 0.1) is 5.82 Å². The Labute approximate surface area is 147 Å². The third-order valence-electron chi connectivity index (χ3n) is 3.30. The molecular formula is C18H16BrFN2O2. The Morgan fingerprint density at radius 2 is 1.83 bits per heavy atom. The molecule has 0 unspecified atom stereocenters. The van der Waals surface area contributed by atoms with Crippen molar-refractivity contribution in [1.29, 1.82) is 0 Å². The van der Waals surface area contributed by atoms with Crippen molar-refractivity contribution in [2.75, 3.05) is 0 Å². The normalized spacial score (nSPS) is 10.6. The quantitative estimate of drug-likeness (QED) is 0.618. The van der Waals surface area contributed by atoms with Gasteiger partial charge in [-0.1, -0.05) is 35.0 Å². The van der Waals surface area contributed by atoms with E-state index in [4.69, 9.17) is 0 Å². The zero-order valence-electron chi connectivity index (χ0n) is 13.0. The zero-order chi connectivity index (χ0) is 17.5. The van der Waals surface area contributed by atoms with E-state index in [1.165, 1.54) is 12.1 Å². The minimum Gasteiger partial charge on any atom is -0.268 e. The van der Waals surface area contributed by atoms with Crippen LogP contribution in [0.3, 0.4) is 0 Å². The van der Waals surface area contributed by atoms with Crippen LogP contribution in [0.4, 0.5) is 4.39 Å². The Kier molecular flexibility index (Phi) is 6.26. The average Bonchev–Trinajstić information content (AvgIpc) is 2.60. The van der Waals surface area contributed by atoms with Crippen molar-refractivity contribution in [3.8, 4) is 0 Å². The number of hydrogen-bond acceptors (Lipinski definition) is 2. The predicted octanol–water partition coefficient (Wildman–Crippen LogP) is 3.63. The first-order valence-corrected chi connectivity index (χ1v) is 8.11. The topological polar surface area (TPSA) is 58.2 Å². The molecule has 0 spiro atoms. The number of benzene rings is 2. The highest BCUT2D eigenvalue weighted by atomic mass is 79.9. The molecule has 2 aromatic rings. The van der Waals surface area contributed by atoms with Crippen molar-refractivity contribution in [1.82, 2.24) is 10.9 Å². The average molecular weight is 391 g/mol. The van der Waals surface area contributed by atoms with Crippen LogP contribution in [0.5, 0.6) is 0 Å². The van der Waals surface area contributed by atoms with Gasteiger partial charge < -0.3 is 0 Å². The van der Waals surface area contributed by atoms with E-state index < -0.39 is 17.6 Å². The molecule has 4 nitrogen and oxygen atoms in total. The van der Waals surface area contributed by atoms with Gasteiger partial charge in [-0.15, -0.1) is 0 Å². The maximum Gasteiger partial charge on any atom is 0.269 e. The lowest BCUT2D eigenvalue weighted by Gasteiger charge is -2.06. The Morgan fingerprint density at radius 1 is 1.12 bits per heavy atom. The molecule has 124 valence electrons. The minimum absolute atomic E-state index is 0.265. The van der Waals surface area contributed by atoms with Crippen molar-refractivity contribution in [2.24, 2.45) is 0 Å². The highest BCUT2D eigenvalue weighted by Crippen LogP contribution is 2.16. The van der Waals surface area contributed by atoms with Crippen molar-refractivity contribution < 1.29 is 14.0 Å². The number of rotatable bonds is 4. The molecule has 6 heteroatoms. The first kappa shape index (κ1) is 17.9. The largest absolute Gasteiger partial charge is 0.269 e. The van der Waals surface area contributed by atoms with Gasteiger partial charge in [-0.25, -0.2) is 4.39 Å². The second-order valence-corrected chi connectivity index (χ2v) is 5.91. The van der Waals surface area contributed by atoms with E-state index in [9.17, 15) is 14.0 Å². The van der Waals surface area contributed by atoms with Crippen LogP contribution in [0.2, 0.25) is 0 Å². The second kappa shape index (κ2) is 8.40. The van der Waals surface area contributed by atoms with E-state index in [1.54, 1.807) is 24.3 Å². The number of carbonyl (C=O) groups excluding carboxylic acids is 2. The van der Waals surface area contributed by atoms with Gasteiger partial charge in [0, 0.05) is 21.7 Å². The van der Waals surface area contributed by atoms with Crippen LogP contribution in [0.15, 0.2) is 53.0 Å². The lowest BCUT2D eigenvalue weighted by molar-refractivity contribution is -0.117. The number of hydrogen-bond donors (Lipinski definition) is 2. The van der Waals surface area contributed by atoms with E-state index in [0.717, 1.165) is 18.1 Å². The van der Waals surface area contributed by atoms with Crippen molar-refractivity contribution >= 4 is 33.8 Å². The van der Waals surface area contributed by atoms with Gasteiger partial charge in [-0.05, 0) is 48.4 Å². The Balaban J connectivity index is 1.91. The molecule has 0 fully saturated rings. The predicted molar refractivity (Wildman–Crippen MR) is 94.6 cm³/mol. The molecule has 0 saturated carbocycles. The maximum atomic E-state index is 13.5. The number of halogens is 2. The number of nitrogens with one attached hydrogen (secondary N) is 2. The Morgan fingerprint density at radius 3 is 2.50 bits per heavy atom. The van der Waals surface area contributed by atoms with Crippen LogP contribution >= 0.6 is 15.9 Å². The summed E-state index contributed by atoms with van der Waals surface area (Å²) in [5.41, 5.74) is 6.38. The second-order valence-electron chi connectivity index (χ2n) is 4.99. The molecule has 0 saturated heterocycles. The number of hydrazine groups is 1. The summed E-state index contributed by atoms with van der Waals surface area (Å²) in [6, 6.07) is 11.5. The molecule has 24 heavy (non-hydrogen) atoms. The fourth-order valence-electron chi connectivity index (χ4n) is 1.93. The molecule has 0 heterocycles. The standard InChI is InChI=1S/C18H16BrFN2O2/c1-2-12-3-5-13(6-4-12)18(24)22-21-17(23)10-7-14-11-15(19)8-9-16(14)20/h3-11H,2H2,1H3,(H,21,23)(H,22,24)/b10-7+. The monoisotopic (exact) mass is 390 g/mol. The maximum absolute atomic E-state index is 13.5. The first-order valence-electron chi connectivity index (χ1n) is 7.32. The third-order valence-corrected chi connectivity index (χ3v) is 3.79. The van der Waals surface area contributed by atoms with E-state index in [0.29, 0.717) is 10.0 Å². The molecule has 2 rings (SSSR count). The van der Waals surface area contributed by atoms with Crippen LogP contribution in [-0.2, 0) is 11.2 Å². The first-order chi connectivity index (χ1) is 11.5. The lowest BCUT2D eigenvalue weighted by Crippen LogP contribution is -2.40. The van der Waals surface area contributed by atoms with Gasteiger partial charge in [0.15, 0.2) is 0 Å². The molecule has 0 bridgehead atoms. The van der Waals surface area contributed by atoms with Gasteiger partial charge in [0.25, 0.3) is 11.8 Å². The van der Waals surface area contributed by atoms with E-state index in [1.807, 2.05) is 19.1 Å². The van der Waals surface area contributed by atoms with Gasteiger partial charge in [0.05, 0.1) is 0 Å². The van der Waals surface area contributed by atoms with Crippen molar-refractivity contribution in [3.05, 3.63) is 75.5 Å². The molecule has 2 aromatic carbocycles. The summed E-state index contributed by atoms with van der Waals surface area (Å²) < 4.78 is 14.2. The summed E-state index contributed by atoms with van der Waals surface area (Å²) in [5, 5.41) is 0. The van der Waals surface area contributed by atoms with Crippen LogP contribution < -0.4 is 10.9 Å². The number of aryl methyl sites for hydroxylation is 1. The molecule has 2 amide bonds. The summed E-state index contributed by atoms with van der Waals surface area (Å²) in [6.07, 6.45) is 3.36. The molecule has 0 aliphatic carbocycles. The number of carbonyl (C=O) groups is 2. The molecule has 0 radical (unpaired) electrons. The number of amides is 2. The third kappa shape index (κ3) is 5.03. The molecule has 0 aliphatic rings. The minimum atomic E-state index is -0.562. The van der Waals surface area contributed by atoms with Gasteiger partial charge >= 0.3 is 0 Å². The molecule has 2 N–H and O–H groups in total. The highest BCUT2D eigenvalue weighted by Gasteiger charge is 2.06. The molecule has 0 aliphatic heterocycles. The summed E-state index contributed by atoms with van der Waals surface area (Å²) in [5.74, 6) is -1.43. The van der Waals surface area contributed by atoms with E-state index in [-0.39, 0.29) is 5.56 Å². The summed E-state index contributed by atoms with van der Waals surface area (Å²) in [4.78, 5) is 23.6. The van der Waals surface area contributed by atoms with E-state index in [2.05, 4.69) is 26.8 Å².